The number of hydrogen-bond acceptors (Lipinski definition) is 5. The van der Waals surface area contributed by atoms with Crippen molar-refractivity contribution in [1.29, 1.82) is 0 Å². The molecule has 2 aromatic carbocycles. The second kappa shape index (κ2) is 10.1. The van der Waals surface area contributed by atoms with Gasteiger partial charge >= 0.3 is 12.1 Å². The second-order valence-corrected chi connectivity index (χ2v) is 7.48. The van der Waals surface area contributed by atoms with E-state index < -0.39 is 30.1 Å². The maximum atomic E-state index is 12.1. The third-order valence-corrected chi connectivity index (χ3v) is 5.26. The first-order valence-corrected chi connectivity index (χ1v) is 10.2. The van der Waals surface area contributed by atoms with Crippen LogP contribution in [0.1, 0.15) is 36.8 Å². The minimum atomic E-state index is -1.36. The SMILES string of the molecule is CC(O)C(NC(=O)CCCNC(=O)OCC1c2ccccc2-c2ccccc21)C(=O)O. The predicted octanol–water partition coefficient (Wildman–Crippen LogP) is 2.26. The summed E-state index contributed by atoms with van der Waals surface area (Å²) in [5, 5.41) is 23.2. The van der Waals surface area contributed by atoms with E-state index in [4.69, 9.17) is 9.84 Å². The van der Waals surface area contributed by atoms with Gasteiger partial charge in [0.15, 0.2) is 6.04 Å². The van der Waals surface area contributed by atoms with E-state index in [0.29, 0.717) is 6.42 Å². The molecule has 1 aliphatic rings. The first kappa shape index (κ1) is 22.3. The number of carboxylic acid groups (broad SMARTS) is 1. The lowest BCUT2D eigenvalue weighted by Crippen LogP contribution is -2.47. The Labute approximate surface area is 180 Å². The number of carboxylic acids is 1. The fraction of sp³-hybridized carbons (Fsp3) is 0.348. The molecular formula is C23H26N2O6. The van der Waals surface area contributed by atoms with Crippen LogP contribution in [0.15, 0.2) is 48.5 Å². The van der Waals surface area contributed by atoms with Crippen LogP contribution in [0.4, 0.5) is 4.79 Å². The molecule has 2 atom stereocenters. The van der Waals surface area contributed by atoms with Gasteiger partial charge in [0.2, 0.25) is 5.91 Å². The van der Waals surface area contributed by atoms with E-state index in [1.807, 2.05) is 36.4 Å². The van der Waals surface area contributed by atoms with Gasteiger partial charge in [0.25, 0.3) is 0 Å². The highest BCUT2D eigenvalue weighted by atomic mass is 16.5. The fourth-order valence-corrected chi connectivity index (χ4v) is 3.72. The summed E-state index contributed by atoms with van der Waals surface area (Å²) in [4.78, 5) is 34.9. The Balaban J connectivity index is 1.43. The van der Waals surface area contributed by atoms with Crippen LogP contribution in [0.3, 0.4) is 0 Å². The molecule has 0 aliphatic heterocycles. The Morgan fingerprint density at radius 3 is 2.16 bits per heavy atom. The van der Waals surface area contributed by atoms with Gasteiger partial charge in [-0.05, 0) is 35.6 Å². The molecule has 2 aromatic rings. The van der Waals surface area contributed by atoms with Gasteiger partial charge in [0.1, 0.15) is 6.61 Å². The maximum absolute atomic E-state index is 12.1. The lowest BCUT2D eigenvalue weighted by Gasteiger charge is -2.17. The van der Waals surface area contributed by atoms with Crippen molar-refractivity contribution in [2.45, 2.75) is 37.8 Å². The molecule has 0 radical (unpaired) electrons. The van der Waals surface area contributed by atoms with Crippen molar-refractivity contribution in [2.24, 2.45) is 0 Å². The van der Waals surface area contributed by atoms with Gasteiger partial charge in [-0.15, -0.1) is 0 Å². The molecule has 0 fully saturated rings. The van der Waals surface area contributed by atoms with Crippen LogP contribution in [-0.4, -0.2) is 53.5 Å². The summed E-state index contributed by atoms with van der Waals surface area (Å²) in [7, 11) is 0. The molecule has 0 aromatic heterocycles. The lowest BCUT2D eigenvalue weighted by molar-refractivity contribution is -0.144. The van der Waals surface area contributed by atoms with Crippen LogP contribution in [-0.2, 0) is 14.3 Å². The number of hydrogen-bond donors (Lipinski definition) is 4. The van der Waals surface area contributed by atoms with E-state index in [2.05, 4.69) is 22.8 Å². The smallest absolute Gasteiger partial charge is 0.407 e. The number of amides is 2. The summed E-state index contributed by atoms with van der Waals surface area (Å²) in [6.45, 7) is 1.70. The summed E-state index contributed by atoms with van der Waals surface area (Å²) in [5.41, 5.74) is 4.54. The number of aliphatic hydroxyl groups is 1. The van der Waals surface area contributed by atoms with Crippen molar-refractivity contribution in [3.05, 3.63) is 59.7 Å². The van der Waals surface area contributed by atoms with Crippen LogP contribution < -0.4 is 10.6 Å². The number of aliphatic hydroxyl groups excluding tert-OH is 1. The molecular weight excluding hydrogens is 400 g/mol. The second-order valence-electron chi connectivity index (χ2n) is 7.48. The van der Waals surface area contributed by atoms with Gasteiger partial charge in [0, 0.05) is 18.9 Å². The zero-order chi connectivity index (χ0) is 22.4. The van der Waals surface area contributed by atoms with Crippen molar-refractivity contribution in [2.75, 3.05) is 13.2 Å². The molecule has 8 heteroatoms. The fourth-order valence-electron chi connectivity index (χ4n) is 3.72. The monoisotopic (exact) mass is 426 g/mol. The normalized spacial score (nSPS) is 14.1. The number of carbonyl (C=O) groups excluding carboxylic acids is 2. The summed E-state index contributed by atoms with van der Waals surface area (Å²) in [5.74, 6) is -1.85. The summed E-state index contributed by atoms with van der Waals surface area (Å²) < 4.78 is 5.41. The number of rotatable bonds is 9. The van der Waals surface area contributed by atoms with Gasteiger partial charge in [-0.2, -0.15) is 0 Å². The Bertz CT molecular complexity index is 913. The molecule has 0 bridgehead atoms. The van der Waals surface area contributed by atoms with E-state index >= 15 is 0 Å². The average molecular weight is 426 g/mol. The van der Waals surface area contributed by atoms with E-state index in [9.17, 15) is 19.5 Å². The van der Waals surface area contributed by atoms with Crippen molar-refractivity contribution >= 4 is 18.0 Å². The van der Waals surface area contributed by atoms with Crippen molar-refractivity contribution in [3.63, 3.8) is 0 Å². The van der Waals surface area contributed by atoms with Crippen LogP contribution in [0.5, 0.6) is 0 Å². The molecule has 3 rings (SSSR count). The number of nitrogens with one attached hydrogen (secondary N) is 2. The summed E-state index contributed by atoms with van der Waals surface area (Å²) in [6.07, 6.45) is -1.46. The Morgan fingerprint density at radius 1 is 1.03 bits per heavy atom. The van der Waals surface area contributed by atoms with Gasteiger partial charge in [0.05, 0.1) is 6.10 Å². The zero-order valence-electron chi connectivity index (χ0n) is 17.2. The molecule has 164 valence electrons. The number of ether oxygens (including phenoxy) is 1. The van der Waals surface area contributed by atoms with E-state index in [-0.39, 0.29) is 25.5 Å². The van der Waals surface area contributed by atoms with Crippen LogP contribution in [0, 0.1) is 0 Å². The van der Waals surface area contributed by atoms with Gasteiger partial charge in [-0.3, -0.25) is 4.79 Å². The average Bonchev–Trinajstić information content (AvgIpc) is 3.07. The van der Waals surface area contributed by atoms with E-state index in [1.54, 1.807) is 0 Å². The van der Waals surface area contributed by atoms with E-state index in [0.717, 1.165) is 22.3 Å². The topological polar surface area (TPSA) is 125 Å². The molecule has 8 nitrogen and oxygen atoms in total. The number of aliphatic carboxylic acids is 1. The van der Waals surface area contributed by atoms with Crippen molar-refractivity contribution in [3.8, 4) is 11.1 Å². The highest BCUT2D eigenvalue weighted by Crippen LogP contribution is 2.44. The van der Waals surface area contributed by atoms with Crippen LogP contribution in [0.25, 0.3) is 11.1 Å². The third kappa shape index (κ3) is 5.40. The largest absolute Gasteiger partial charge is 0.480 e. The Kier molecular flexibility index (Phi) is 7.25. The third-order valence-electron chi connectivity index (χ3n) is 5.26. The van der Waals surface area contributed by atoms with Crippen LogP contribution in [0.2, 0.25) is 0 Å². The molecule has 0 spiro atoms. The lowest BCUT2D eigenvalue weighted by atomic mass is 9.98. The van der Waals surface area contributed by atoms with Gasteiger partial charge in [-0.1, -0.05) is 48.5 Å². The molecule has 2 amide bonds. The molecule has 31 heavy (non-hydrogen) atoms. The van der Waals surface area contributed by atoms with Crippen molar-refractivity contribution < 1.29 is 29.3 Å². The van der Waals surface area contributed by atoms with Crippen LogP contribution >= 0.6 is 0 Å². The first-order valence-electron chi connectivity index (χ1n) is 10.2. The quantitative estimate of drug-likeness (QED) is 0.456. The number of benzene rings is 2. The Hall–Kier alpha value is -3.39. The minimum absolute atomic E-state index is 0.0140. The Morgan fingerprint density at radius 2 is 1.61 bits per heavy atom. The zero-order valence-corrected chi connectivity index (χ0v) is 17.2. The molecule has 0 saturated carbocycles. The predicted molar refractivity (Wildman–Crippen MR) is 114 cm³/mol. The molecule has 0 heterocycles. The standard InChI is InChI=1S/C23H26N2O6/c1-14(26)21(22(28)29)25-20(27)11-6-12-24-23(30)31-13-19-17-9-4-2-7-15(17)16-8-3-5-10-18(16)19/h2-5,7-10,14,19,21,26H,6,11-13H2,1H3,(H,24,30)(H,25,27)(H,28,29). The highest BCUT2D eigenvalue weighted by Gasteiger charge is 2.29. The van der Waals surface area contributed by atoms with E-state index in [1.165, 1.54) is 6.92 Å². The molecule has 0 saturated heterocycles. The van der Waals surface area contributed by atoms with Crippen molar-refractivity contribution in [1.82, 2.24) is 10.6 Å². The van der Waals surface area contributed by atoms with Gasteiger partial charge in [-0.25, -0.2) is 9.59 Å². The maximum Gasteiger partial charge on any atom is 0.407 e. The first-order chi connectivity index (χ1) is 14.9. The minimum Gasteiger partial charge on any atom is -0.480 e. The molecule has 1 aliphatic carbocycles. The molecule has 4 N–H and O–H groups in total. The summed E-state index contributed by atoms with van der Waals surface area (Å²) in [6, 6.07) is 14.8. The highest BCUT2D eigenvalue weighted by molar-refractivity contribution is 5.84. The number of carbonyl (C=O) groups is 3. The van der Waals surface area contributed by atoms with Gasteiger partial charge < -0.3 is 25.6 Å². The number of fused-ring (bicyclic) bond motifs is 3. The molecule has 2 unspecified atom stereocenters. The number of alkyl carbamates (subject to hydrolysis) is 1. The summed E-state index contributed by atoms with van der Waals surface area (Å²) >= 11 is 0.